The van der Waals surface area contributed by atoms with Crippen molar-refractivity contribution in [3.05, 3.63) is 41.0 Å². The number of nitrogens with one attached hydrogen (secondary N) is 1. The summed E-state index contributed by atoms with van der Waals surface area (Å²) in [5.74, 6) is 0.924. The molecule has 0 atom stereocenters. The molecular formula is C17H25ClN4O3S. The van der Waals surface area contributed by atoms with E-state index in [1.165, 1.54) is 0 Å². The van der Waals surface area contributed by atoms with E-state index in [2.05, 4.69) is 14.9 Å². The minimum atomic E-state index is -3.57. The molecule has 1 aromatic heterocycles. The Balaban J connectivity index is 0.00000243. The minimum Gasteiger partial charge on any atom is -0.339 e. The van der Waals surface area contributed by atoms with Gasteiger partial charge in [0.2, 0.25) is 15.9 Å². The summed E-state index contributed by atoms with van der Waals surface area (Å²) in [5.41, 5.74) is 7.41. The second-order valence-electron chi connectivity index (χ2n) is 6.79. The van der Waals surface area contributed by atoms with Gasteiger partial charge in [0.25, 0.3) is 0 Å². The summed E-state index contributed by atoms with van der Waals surface area (Å²) in [7, 11) is -3.57. The largest absolute Gasteiger partial charge is 0.339 e. The quantitative estimate of drug-likeness (QED) is 0.769. The van der Waals surface area contributed by atoms with Crippen LogP contribution < -0.4 is 10.5 Å². The zero-order chi connectivity index (χ0) is 18.1. The van der Waals surface area contributed by atoms with Crippen molar-refractivity contribution in [2.24, 2.45) is 5.73 Å². The van der Waals surface area contributed by atoms with Crippen LogP contribution in [-0.2, 0) is 22.0 Å². The van der Waals surface area contributed by atoms with Gasteiger partial charge < -0.3 is 10.3 Å². The third-order valence-electron chi connectivity index (χ3n) is 4.67. The standard InChI is InChI=1S/C17H24N4O3S.ClH/c1-12-5-6-13(2)14(11-12)25(22,23)19-10-7-15-20-16(21-24-15)17(18)8-3-4-9-17;/h5-6,11,19H,3-4,7-10,18H2,1-2H3;1H. The lowest BCUT2D eigenvalue weighted by molar-refractivity contribution is 0.348. The van der Waals surface area contributed by atoms with Gasteiger partial charge in [-0.1, -0.05) is 30.1 Å². The van der Waals surface area contributed by atoms with E-state index in [1.54, 1.807) is 19.1 Å². The number of sulfonamides is 1. The maximum atomic E-state index is 12.5. The van der Waals surface area contributed by atoms with Crippen LogP contribution in [-0.4, -0.2) is 25.1 Å². The maximum absolute atomic E-state index is 12.5. The van der Waals surface area contributed by atoms with Gasteiger partial charge in [-0.3, -0.25) is 0 Å². The van der Waals surface area contributed by atoms with Crippen LogP contribution in [0.5, 0.6) is 0 Å². The van der Waals surface area contributed by atoms with E-state index in [4.69, 9.17) is 10.3 Å². The molecule has 1 heterocycles. The summed E-state index contributed by atoms with van der Waals surface area (Å²) in [6.45, 7) is 3.83. The highest BCUT2D eigenvalue weighted by Crippen LogP contribution is 2.34. The predicted octanol–water partition coefficient (Wildman–Crippen LogP) is 2.36. The lowest BCUT2D eigenvalue weighted by Gasteiger charge is -2.17. The second kappa shape index (κ2) is 8.04. The molecule has 3 N–H and O–H groups in total. The molecule has 1 saturated carbocycles. The first-order chi connectivity index (χ1) is 11.8. The number of aryl methyl sites for hydroxylation is 2. The molecule has 1 aliphatic carbocycles. The molecule has 3 rings (SSSR count). The second-order valence-corrected chi connectivity index (χ2v) is 8.53. The van der Waals surface area contributed by atoms with Crippen LogP contribution in [0.2, 0.25) is 0 Å². The molecule has 0 amide bonds. The summed E-state index contributed by atoms with van der Waals surface area (Å²) in [6.07, 6.45) is 4.16. The van der Waals surface area contributed by atoms with E-state index in [0.29, 0.717) is 28.6 Å². The molecule has 7 nitrogen and oxygen atoms in total. The fourth-order valence-electron chi connectivity index (χ4n) is 3.16. The molecule has 9 heteroatoms. The Morgan fingerprint density at radius 2 is 1.96 bits per heavy atom. The Morgan fingerprint density at radius 1 is 1.27 bits per heavy atom. The van der Waals surface area contributed by atoms with Crippen LogP contribution in [0.25, 0.3) is 0 Å². The van der Waals surface area contributed by atoms with Crippen LogP contribution in [0.1, 0.15) is 48.5 Å². The van der Waals surface area contributed by atoms with Crippen molar-refractivity contribution in [3.8, 4) is 0 Å². The first-order valence-corrected chi connectivity index (χ1v) is 9.97. The summed E-state index contributed by atoms with van der Waals surface area (Å²) in [4.78, 5) is 4.65. The fraction of sp³-hybridized carbons (Fsp3) is 0.529. The highest BCUT2D eigenvalue weighted by atomic mass is 35.5. The average Bonchev–Trinajstić information content (AvgIpc) is 3.19. The maximum Gasteiger partial charge on any atom is 0.240 e. The topological polar surface area (TPSA) is 111 Å². The molecule has 0 radical (unpaired) electrons. The van der Waals surface area contributed by atoms with E-state index < -0.39 is 15.6 Å². The third-order valence-corrected chi connectivity index (χ3v) is 6.28. The van der Waals surface area contributed by atoms with Gasteiger partial charge in [-0.25, -0.2) is 13.1 Å². The first-order valence-electron chi connectivity index (χ1n) is 8.49. The van der Waals surface area contributed by atoms with Crippen molar-refractivity contribution < 1.29 is 12.9 Å². The fourth-order valence-corrected chi connectivity index (χ4v) is 4.51. The Labute approximate surface area is 160 Å². The summed E-state index contributed by atoms with van der Waals surface area (Å²) in [5, 5.41) is 3.98. The summed E-state index contributed by atoms with van der Waals surface area (Å²) < 4.78 is 32.7. The van der Waals surface area contributed by atoms with Gasteiger partial charge in [0, 0.05) is 13.0 Å². The highest BCUT2D eigenvalue weighted by molar-refractivity contribution is 7.89. The van der Waals surface area contributed by atoms with Crippen molar-refractivity contribution in [1.29, 1.82) is 0 Å². The van der Waals surface area contributed by atoms with Crippen molar-refractivity contribution in [1.82, 2.24) is 14.9 Å². The SMILES string of the molecule is Cc1ccc(C)c(S(=O)(=O)NCCc2nc(C3(N)CCCC3)no2)c1.Cl. The van der Waals surface area contributed by atoms with Crippen molar-refractivity contribution >= 4 is 22.4 Å². The normalized spacial score (nSPS) is 16.4. The molecule has 1 fully saturated rings. The number of hydrogen-bond acceptors (Lipinski definition) is 6. The van der Waals surface area contributed by atoms with Gasteiger partial charge in [-0.15, -0.1) is 12.4 Å². The number of nitrogens with two attached hydrogens (primary N) is 1. The van der Waals surface area contributed by atoms with Crippen LogP contribution in [0.4, 0.5) is 0 Å². The number of halogens is 1. The van der Waals surface area contributed by atoms with Gasteiger partial charge in [-0.2, -0.15) is 4.98 Å². The predicted molar refractivity (Wildman–Crippen MR) is 101 cm³/mol. The van der Waals surface area contributed by atoms with Crippen LogP contribution in [0.15, 0.2) is 27.6 Å². The molecule has 2 aromatic rings. The van der Waals surface area contributed by atoms with Crippen LogP contribution in [0, 0.1) is 13.8 Å². The Kier molecular flexibility index (Phi) is 6.44. The summed E-state index contributed by atoms with van der Waals surface area (Å²) in [6, 6.07) is 5.36. The molecule has 144 valence electrons. The van der Waals surface area contributed by atoms with Crippen LogP contribution in [0.3, 0.4) is 0 Å². The zero-order valence-corrected chi connectivity index (χ0v) is 16.6. The Bertz CT molecular complexity index is 861. The molecule has 0 unspecified atom stereocenters. The average molecular weight is 401 g/mol. The third kappa shape index (κ3) is 4.43. The molecule has 1 aliphatic rings. The van der Waals surface area contributed by atoms with Crippen molar-refractivity contribution in [2.75, 3.05) is 6.54 Å². The van der Waals surface area contributed by atoms with E-state index in [0.717, 1.165) is 31.2 Å². The number of hydrogen-bond donors (Lipinski definition) is 2. The molecule has 0 aliphatic heterocycles. The van der Waals surface area contributed by atoms with E-state index in [1.807, 2.05) is 13.0 Å². The molecule has 1 aromatic carbocycles. The van der Waals surface area contributed by atoms with Crippen LogP contribution >= 0.6 is 12.4 Å². The van der Waals surface area contributed by atoms with Gasteiger partial charge >= 0.3 is 0 Å². The van der Waals surface area contributed by atoms with E-state index >= 15 is 0 Å². The Hall–Kier alpha value is -1.48. The minimum absolute atomic E-state index is 0. The zero-order valence-electron chi connectivity index (χ0n) is 15.0. The number of benzene rings is 1. The van der Waals surface area contributed by atoms with Crippen molar-refractivity contribution in [3.63, 3.8) is 0 Å². The number of aromatic nitrogens is 2. The lowest BCUT2D eigenvalue weighted by atomic mass is 9.99. The van der Waals surface area contributed by atoms with Gasteiger partial charge in [0.1, 0.15) is 0 Å². The molecular weight excluding hydrogens is 376 g/mol. The van der Waals surface area contributed by atoms with Crippen molar-refractivity contribution in [2.45, 2.75) is 56.4 Å². The van der Waals surface area contributed by atoms with Gasteiger partial charge in [0.15, 0.2) is 5.82 Å². The highest BCUT2D eigenvalue weighted by Gasteiger charge is 2.35. The van der Waals surface area contributed by atoms with E-state index in [-0.39, 0.29) is 19.0 Å². The first kappa shape index (κ1) is 20.8. The molecule has 0 bridgehead atoms. The monoisotopic (exact) mass is 400 g/mol. The number of rotatable bonds is 6. The molecule has 0 spiro atoms. The Morgan fingerprint density at radius 3 is 2.65 bits per heavy atom. The molecule has 26 heavy (non-hydrogen) atoms. The van der Waals surface area contributed by atoms with Gasteiger partial charge in [-0.05, 0) is 43.9 Å². The lowest BCUT2D eigenvalue weighted by Crippen LogP contribution is -2.34. The molecule has 0 saturated heterocycles. The van der Waals surface area contributed by atoms with Gasteiger partial charge in [0.05, 0.1) is 10.4 Å². The summed E-state index contributed by atoms with van der Waals surface area (Å²) >= 11 is 0. The van der Waals surface area contributed by atoms with E-state index in [9.17, 15) is 8.42 Å². The smallest absolute Gasteiger partial charge is 0.240 e. The number of nitrogens with zero attached hydrogens (tertiary/aromatic N) is 2.